The van der Waals surface area contributed by atoms with Gasteiger partial charge in [0.25, 0.3) is 5.91 Å². The van der Waals surface area contributed by atoms with Crippen molar-refractivity contribution >= 4 is 17.7 Å². The van der Waals surface area contributed by atoms with Crippen LogP contribution >= 0.6 is 0 Å². The summed E-state index contributed by atoms with van der Waals surface area (Å²) in [5.74, 6) is 0.111. The van der Waals surface area contributed by atoms with Gasteiger partial charge in [0.05, 0.1) is 18.2 Å². The van der Waals surface area contributed by atoms with Crippen LogP contribution in [-0.4, -0.2) is 121 Å². The number of likely N-dealkylation sites (tertiary alicyclic amines) is 1. The second-order valence-corrected chi connectivity index (χ2v) is 10.7. The molecule has 37 heavy (non-hydrogen) atoms. The van der Waals surface area contributed by atoms with Crippen LogP contribution in [0.1, 0.15) is 36.0 Å². The number of fused-ring (bicyclic) bond motifs is 3. The molecule has 0 radical (unpaired) electrons. The highest BCUT2D eigenvalue weighted by Gasteiger charge is 2.42. The lowest BCUT2D eigenvalue weighted by molar-refractivity contribution is -0.149. The van der Waals surface area contributed by atoms with Crippen molar-refractivity contribution in [2.75, 3.05) is 59.2 Å². The molecule has 1 aromatic rings. The van der Waals surface area contributed by atoms with Crippen molar-refractivity contribution in [3.8, 4) is 5.88 Å². The summed E-state index contributed by atoms with van der Waals surface area (Å²) in [6, 6.07) is 3.18. The molecule has 4 fully saturated rings. The van der Waals surface area contributed by atoms with Gasteiger partial charge >= 0.3 is 0 Å². The second-order valence-electron chi connectivity index (χ2n) is 10.7. The Bertz CT molecular complexity index is 1030. The first kappa shape index (κ1) is 24.6. The maximum atomic E-state index is 13.4. The lowest BCUT2D eigenvalue weighted by atomic mass is 10.1. The number of ether oxygens (including phenoxy) is 3. The van der Waals surface area contributed by atoms with E-state index in [0.29, 0.717) is 44.3 Å². The highest BCUT2D eigenvalue weighted by Crippen LogP contribution is 2.32. The van der Waals surface area contributed by atoms with E-state index >= 15 is 0 Å². The topological polar surface area (TPSA) is 114 Å². The van der Waals surface area contributed by atoms with Crippen molar-refractivity contribution in [3.63, 3.8) is 0 Å². The van der Waals surface area contributed by atoms with E-state index in [1.165, 1.54) is 0 Å². The minimum Gasteiger partial charge on any atom is -0.475 e. The molecule has 11 heteroatoms. The quantitative estimate of drug-likeness (QED) is 0.584. The first-order valence-electron chi connectivity index (χ1n) is 13.5. The van der Waals surface area contributed by atoms with E-state index in [-0.39, 0.29) is 60.9 Å². The normalized spacial score (nSPS) is 30.1. The zero-order chi connectivity index (χ0) is 25.4. The van der Waals surface area contributed by atoms with E-state index in [1.54, 1.807) is 23.2 Å². The number of carbonyl (C=O) groups excluding carboxylic acids is 3. The first-order chi connectivity index (χ1) is 18.1. The lowest BCUT2D eigenvalue weighted by Gasteiger charge is -2.41. The summed E-state index contributed by atoms with van der Waals surface area (Å²) in [4.78, 5) is 49.7. The van der Waals surface area contributed by atoms with Gasteiger partial charge in [0, 0.05) is 64.1 Å². The van der Waals surface area contributed by atoms with Gasteiger partial charge in [-0.3, -0.25) is 19.3 Å². The molecule has 11 nitrogen and oxygen atoms in total. The number of hydrogen-bond donors (Lipinski definition) is 1. The Hall–Kier alpha value is -2.76. The van der Waals surface area contributed by atoms with Crippen LogP contribution in [0.2, 0.25) is 0 Å². The van der Waals surface area contributed by atoms with Gasteiger partial charge < -0.3 is 29.3 Å². The number of aromatic nitrogens is 1. The number of hydrogen-bond acceptors (Lipinski definition) is 8. The van der Waals surface area contributed by atoms with Crippen molar-refractivity contribution < 1.29 is 28.6 Å². The lowest BCUT2D eigenvalue weighted by Crippen LogP contribution is -2.59. The van der Waals surface area contributed by atoms with Crippen molar-refractivity contribution in [2.45, 2.75) is 49.9 Å². The monoisotopic (exact) mass is 513 g/mol. The van der Waals surface area contributed by atoms with E-state index in [9.17, 15) is 14.4 Å². The molecule has 4 aliphatic heterocycles. The third-order valence-electron chi connectivity index (χ3n) is 8.21. The van der Waals surface area contributed by atoms with E-state index in [0.717, 1.165) is 38.9 Å². The van der Waals surface area contributed by atoms with Gasteiger partial charge in [-0.05, 0) is 37.8 Å². The van der Waals surface area contributed by atoms with Gasteiger partial charge in [0.15, 0.2) is 0 Å². The van der Waals surface area contributed by atoms with Crippen molar-refractivity contribution in [1.29, 1.82) is 0 Å². The third-order valence-corrected chi connectivity index (χ3v) is 8.21. The van der Waals surface area contributed by atoms with E-state index in [2.05, 4.69) is 15.2 Å². The first-order valence-corrected chi connectivity index (χ1v) is 13.5. The number of nitrogens with zero attached hydrogens (tertiary/aromatic N) is 4. The van der Waals surface area contributed by atoms with Crippen molar-refractivity contribution in [2.24, 2.45) is 5.92 Å². The standard InChI is InChI=1S/C26H35N5O6/c32-23-16-36-22-14-30(18-5-10-35-11-6-18)13-21(22)28-24(33)20-2-1-7-27-25(20)37-15-19-12-29(8-9-31(19)23)26(34)17-3-4-17/h1-2,7,17-19,21-22H,3-6,8-16H2,(H,28,33)/t19-,21+,22-/m0/s1. The minimum atomic E-state index is -0.343. The maximum Gasteiger partial charge on any atom is 0.257 e. The Kier molecular flexibility index (Phi) is 7.00. The summed E-state index contributed by atoms with van der Waals surface area (Å²) in [6.07, 6.45) is 5.04. The van der Waals surface area contributed by atoms with Crippen LogP contribution in [0.25, 0.3) is 0 Å². The molecule has 1 aromatic heterocycles. The Morgan fingerprint density at radius 2 is 1.86 bits per heavy atom. The predicted octanol–water partition coefficient (Wildman–Crippen LogP) is -0.0984. The Labute approximate surface area is 216 Å². The van der Waals surface area contributed by atoms with Crippen molar-refractivity contribution in [3.05, 3.63) is 23.9 Å². The molecular weight excluding hydrogens is 478 g/mol. The summed E-state index contributed by atoms with van der Waals surface area (Å²) in [5, 5.41) is 3.13. The fraction of sp³-hybridized carbons (Fsp3) is 0.692. The molecule has 0 aromatic carbocycles. The van der Waals surface area contributed by atoms with Crippen LogP contribution in [0, 0.1) is 5.92 Å². The third kappa shape index (κ3) is 5.30. The smallest absolute Gasteiger partial charge is 0.257 e. The Balaban J connectivity index is 1.24. The zero-order valence-electron chi connectivity index (χ0n) is 21.0. The Morgan fingerprint density at radius 1 is 1.03 bits per heavy atom. The number of nitrogens with one attached hydrogen (secondary N) is 1. The van der Waals surface area contributed by atoms with Crippen LogP contribution in [0.5, 0.6) is 5.88 Å². The molecule has 5 heterocycles. The fourth-order valence-corrected chi connectivity index (χ4v) is 5.94. The molecule has 3 atom stereocenters. The molecule has 1 saturated carbocycles. The second kappa shape index (κ2) is 10.5. The van der Waals surface area contributed by atoms with Crippen molar-refractivity contribution in [1.82, 2.24) is 25.0 Å². The van der Waals surface area contributed by atoms with E-state index in [1.807, 2.05) is 4.90 Å². The maximum absolute atomic E-state index is 13.4. The number of amides is 3. The summed E-state index contributed by atoms with van der Waals surface area (Å²) < 4.78 is 17.8. The average Bonchev–Trinajstić information content (AvgIpc) is 3.71. The van der Waals surface area contributed by atoms with Crippen LogP contribution in [-0.2, 0) is 19.1 Å². The highest BCUT2D eigenvalue weighted by molar-refractivity contribution is 5.96. The highest BCUT2D eigenvalue weighted by atomic mass is 16.5. The molecule has 6 rings (SSSR count). The fourth-order valence-electron chi connectivity index (χ4n) is 5.94. The minimum absolute atomic E-state index is 0.0725. The molecule has 200 valence electrons. The molecule has 1 aliphatic carbocycles. The number of carbonyl (C=O) groups is 3. The van der Waals surface area contributed by atoms with Crippen LogP contribution in [0.15, 0.2) is 18.3 Å². The summed E-state index contributed by atoms with van der Waals surface area (Å²) >= 11 is 0. The molecule has 5 aliphatic rings. The van der Waals surface area contributed by atoms with Crippen LogP contribution < -0.4 is 10.1 Å². The van der Waals surface area contributed by atoms with Gasteiger partial charge in [0.2, 0.25) is 17.7 Å². The molecule has 0 unspecified atom stereocenters. The van der Waals surface area contributed by atoms with Crippen LogP contribution in [0.3, 0.4) is 0 Å². The number of pyridine rings is 1. The van der Waals surface area contributed by atoms with E-state index in [4.69, 9.17) is 14.2 Å². The predicted molar refractivity (Wildman–Crippen MR) is 131 cm³/mol. The Morgan fingerprint density at radius 3 is 2.68 bits per heavy atom. The van der Waals surface area contributed by atoms with Gasteiger partial charge in [-0.25, -0.2) is 4.98 Å². The molecule has 1 N–H and O–H groups in total. The van der Waals surface area contributed by atoms with E-state index < -0.39 is 0 Å². The van der Waals surface area contributed by atoms with Gasteiger partial charge in [-0.2, -0.15) is 0 Å². The summed E-state index contributed by atoms with van der Waals surface area (Å²) in [7, 11) is 0. The molecular formula is C26H35N5O6. The SMILES string of the molecule is O=C1N[C@@H]2CN(C3CCOCC3)C[C@@H]2OCC(=O)N2CCN(C(=O)C3CC3)C[C@H]2COc2ncccc21. The van der Waals surface area contributed by atoms with Gasteiger partial charge in [-0.1, -0.05) is 0 Å². The average molecular weight is 514 g/mol. The molecule has 3 amide bonds. The van der Waals surface area contributed by atoms with Crippen LogP contribution in [0.4, 0.5) is 0 Å². The molecule has 0 bridgehead atoms. The summed E-state index contributed by atoms with van der Waals surface area (Å²) in [6.45, 7) is 4.17. The largest absolute Gasteiger partial charge is 0.475 e. The van der Waals surface area contributed by atoms with Gasteiger partial charge in [-0.15, -0.1) is 0 Å². The molecule has 0 spiro atoms. The number of piperazine rings is 1. The number of rotatable bonds is 2. The zero-order valence-corrected chi connectivity index (χ0v) is 21.0. The molecule has 3 saturated heterocycles. The van der Waals surface area contributed by atoms with Gasteiger partial charge in [0.1, 0.15) is 18.8 Å². The summed E-state index contributed by atoms with van der Waals surface area (Å²) in [5.41, 5.74) is 0.351.